The highest BCUT2D eigenvalue weighted by Gasteiger charge is 2.61. The third-order valence-corrected chi connectivity index (χ3v) is 13.3. The first-order valence-electron chi connectivity index (χ1n) is 22.1. The maximum absolute atomic E-state index is 14.8. The zero-order valence-electron chi connectivity index (χ0n) is 36.6. The van der Waals surface area contributed by atoms with Gasteiger partial charge in [0.05, 0.1) is 17.8 Å². The standard InChI is InChI=1S/C45H59ClN8O9/c1-7-27-21-45(27,41(57)58)52-39(55)33-19-29(22-54(33)40(56)38(44(4,5)6)51-43(59)63-28-17-25-16-26(25)18-28)62-35-20-31(32-23-61-42(50-32)48-24(2)3)49-37-30(35)8-9-34(36(37)46)60-15-14-53-12-10-47-11-13-53/h7-9,20,23-29,33,38,47H,1,10-19,21-22H2,2-6H3,(H,48,50)(H,51,59)(H,52,55)(H,57,58)/t25-,26?,27-,28?,29-,33+,38-,45-/m1/s1. The number of fused-ring (bicyclic) bond motifs is 2. The Morgan fingerprint density at radius 3 is 2.48 bits per heavy atom. The van der Waals surface area contributed by atoms with E-state index in [4.69, 9.17) is 35.2 Å². The smallest absolute Gasteiger partial charge is 0.408 e. The monoisotopic (exact) mass is 890 g/mol. The average molecular weight is 891 g/mol. The highest BCUT2D eigenvalue weighted by molar-refractivity contribution is 6.36. The number of carbonyl (C=O) groups is 4. The predicted molar refractivity (Wildman–Crippen MR) is 235 cm³/mol. The van der Waals surface area contributed by atoms with E-state index in [-0.39, 0.29) is 36.6 Å². The number of carboxylic acids is 1. The van der Waals surface area contributed by atoms with Crippen molar-refractivity contribution in [2.75, 3.05) is 51.2 Å². The van der Waals surface area contributed by atoms with Crippen molar-refractivity contribution in [3.8, 4) is 22.9 Å². The van der Waals surface area contributed by atoms with E-state index in [0.717, 1.165) is 52.0 Å². The maximum atomic E-state index is 14.8. The lowest BCUT2D eigenvalue weighted by Gasteiger charge is -2.35. The molecule has 0 bridgehead atoms. The van der Waals surface area contributed by atoms with Gasteiger partial charge < -0.3 is 49.9 Å². The second-order valence-corrected chi connectivity index (χ2v) is 19.4. The number of ether oxygens (including phenoxy) is 3. The fourth-order valence-electron chi connectivity index (χ4n) is 9.22. The number of alkyl carbamates (subject to hydrolysis) is 1. The lowest BCUT2D eigenvalue weighted by molar-refractivity contribution is -0.146. The van der Waals surface area contributed by atoms with Gasteiger partial charge in [-0.2, -0.15) is 4.98 Å². The van der Waals surface area contributed by atoms with Crippen molar-refractivity contribution in [1.82, 2.24) is 35.7 Å². The molecule has 63 heavy (non-hydrogen) atoms. The van der Waals surface area contributed by atoms with E-state index in [1.54, 1.807) is 12.1 Å². The van der Waals surface area contributed by atoms with E-state index in [2.05, 4.69) is 37.7 Å². The number of halogens is 1. The number of carbonyl (C=O) groups excluding carboxylic acids is 3. The number of hydrogen-bond acceptors (Lipinski definition) is 13. The molecule has 5 fully saturated rings. The predicted octanol–water partition coefficient (Wildman–Crippen LogP) is 5.08. The summed E-state index contributed by atoms with van der Waals surface area (Å²) >= 11 is 7.08. The lowest BCUT2D eigenvalue weighted by atomic mass is 9.85. The maximum Gasteiger partial charge on any atom is 0.408 e. The molecule has 3 aromatic rings. The van der Waals surface area contributed by atoms with Crippen molar-refractivity contribution in [3.63, 3.8) is 0 Å². The van der Waals surface area contributed by atoms with E-state index in [0.29, 0.717) is 58.2 Å². The molecule has 2 unspecified atom stereocenters. The third kappa shape index (κ3) is 9.70. The molecular weight excluding hydrogens is 832 g/mol. The molecule has 0 radical (unpaired) electrons. The van der Waals surface area contributed by atoms with Gasteiger partial charge in [-0.25, -0.2) is 14.6 Å². The summed E-state index contributed by atoms with van der Waals surface area (Å²) in [6.45, 7) is 17.9. The molecule has 1 aromatic carbocycles. The Kier molecular flexibility index (Phi) is 12.6. The summed E-state index contributed by atoms with van der Waals surface area (Å²) < 4.78 is 24.5. The Balaban J connectivity index is 1.09. The Morgan fingerprint density at radius 1 is 1.06 bits per heavy atom. The summed E-state index contributed by atoms with van der Waals surface area (Å²) in [7, 11) is 0. The highest BCUT2D eigenvalue weighted by Crippen LogP contribution is 2.52. The number of rotatable bonds is 16. The van der Waals surface area contributed by atoms with Crippen molar-refractivity contribution in [1.29, 1.82) is 0 Å². The number of amides is 3. The van der Waals surface area contributed by atoms with Crippen LogP contribution in [0.3, 0.4) is 0 Å². The number of anilines is 1. The van der Waals surface area contributed by atoms with E-state index >= 15 is 0 Å². The fourth-order valence-corrected chi connectivity index (χ4v) is 9.48. The van der Waals surface area contributed by atoms with Crippen LogP contribution in [0.4, 0.5) is 10.8 Å². The molecule has 5 N–H and O–H groups in total. The zero-order valence-corrected chi connectivity index (χ0v) is 37.3. The molecule has 0 spiro atoms. The largest absolute Gasteiger partial charge is 0.491 e. The first-order valence-corrected chi connectivity index (χ1v) is 22.4. The van der Waals surface area contributed by atoms with Crippen LogP contribution in [-0.2, 0) is 19.1 Å². The van der Waals surface area contributed by atoms with Crippen LogP contribution in [0, 0.1) is 23.2 Å². The molecule has 8 atom stereocenters. The quantitative estimate of drug-likeness (QED) is 0.119. The number of oxazole rings is 1. The first kappa shape index (κ1) is 44.5. The molecule has 17 nitrogen and oxygen atoms in total. The zero-order chi connectivity index (χ0) is 44.8. The van der Waals surface area contributed by atoms with Gasteiger partial charge in [0.2, 0.25) is 11.8 Å². The van der Waals surface area contributed by atoms with Gasteiger partial charge in [-0.3, -0.25) is 14.5 Å². The average Bonchev–Trinajstić information content (AvgIpc) is 3.91. The van der Waals surface area contributed by atoms with Crippen LogP contribution in [-0.4, -0.2) is 130 Å². The summed E-state index contributed by atoms with van der Waals surface area (Å²) in [5.74, 6) is -0.873. The number of benzene rings is 1. The lowest BCUT2D eigenvalue weighted by Crippen LogP contribution is -2.59. The normalized spacial score (nSPS) is 27.1. The third-order valence-electron chi connectivity index (χ3n) is 12.9. The SMILES string of the molecule is C=C[C@@H]1C[C@]1(NC(=O)[C@@H]1C[C@@H](Oc2cc(-c3coc(NC(C)C)n3)nc3c(Cl)c(OCCN4CCNCC4)ccc23)CN1C(=O)[C@@H](NC(=O)OC1CC2C[C@@H]2C1)C(C)(C)C)C(=O)O. The van der Waals surface area contributed by atoms with E-state index in [1.807, 2.05) is 40.7 Å². The van der Waals surface area contributed by atoms with Crippen LogP contribution in [0.25, 0.3) is 22.3 Å². The molecule has 3 amide bonds. The summed E-state index contributed by atoms with van der Waals surface area (Å²) in [5.41, 5.74) is -1.17. The van der Waals surface area contributed by atoms with Gasteiger partial charge in [0.1, 0.15) is 64.9 Å². The minimum absolute atomic E-state index is 0.00466. The van der Waals surface area contributed by atoms with Gasteiger partial charge in [0, 0.05) is 62.6 Å². The van der Waals surface area contributed by atoms with Crippen LogP contribution >= 0.6 is 11.6 Å². The molecule has 18 heteroatoms. The van der Waals surface area contributed by atoms with Crippen LogP contribution in [0.15, 0.2) is 41.5 Å². The summed E-state index contributed by atoms with van der Waals surface area (Å²) in [5, 5.41) is 23.1. The molecule has 2 aromatic heterocycles. The molecule has 4 heterocycles. The van der Waals surface area contributed by atoms with Crippen molar-refractivity contribution in [3.05, 3.63) is 42.1 Å². The second-order valence-electron chi connectivity index (χ2n) is 19.0. The van der Waals surface area contributed by atoms with Gasteiger partial charge in [-0.05, 0) is 68.9 Å². The molecule has 2 aliphatic heterocycles. The molecule has 340 valence electrons. The van der Waals surface area contributed by atoms with E-state index in [9.17, 15) is 24.3 Å². The minimum Gasteiger partial charge on any atom is -0.491 e. The van der Waals surface area contributed by atoms with Crippen LogP contribution in [0.5, 0.6) is 11.5 Å². The van der Waals surface area contributed by atoms with Gasteiger partial charge in [0.25, 0.3) is 6.01 Å². The fraction of sp³-hybridized carbons (Fsp3) is 0.600. The number of aromatic nitrogens is 2. The second kappa shape index (κ2) is 17.8. The van der Waals surface area contributed by atoms with Crippen molar-refractivity contribution >= 4 is 52.4 Å². The van der Waals surface area contributed by atoms with E-state index < -0.39 is 58.9 Å². The van der Waals surface area contributed by atoms with Crippen LogP contribution < -0.4 is 30.7 Å². The molecule has 5 aliphatic rings. The molecular formula is C45H59ClN8O9. The Hall–Kier alpha value is -5.13. The Labute approximate surface area is 372 Å². The number of aliphatic carboxylic acids is 1. The number of hydrogen-bond donors (Lipinski definition) is 5. The number of likely N-dealkylation sites (tertiary alicyclic amines) is 1. The Morgan fingerprint density at radius 2 is 1.81 bits per heavy atom. The van der Waals surface area contributed by atoms with E-state index in [1.165, 1.54) is 17.2 Å². The summed E-state index contributed by atoms with van der Waals surface area (Å²) in [6, 6.07) is 3.40. The van der Waals surface area contributed by atoms with Crippen LogP contribution in [0.1, 0.15) is 66.7 Å². The van der Waals surface area contributed by atoms with Gasteiger partial charge in [-0.15, -0.1) is 6.58 Å². The van der Waals surface area contributed by atoms with Crippen molar-refractivity contribution < 1.29 is 42.9 Å². The van der Waals surface area contributed by atoms with Crippen molar-refractivity contribution in [2.24, 2.45) is 23.2 Å². The van der Waals surface area contributed by atoms with Gasteiger partial charge in [-0.1, -0.05) is 38.4 Å². The molecule has 8 rings (SSSR count). The minimum atomic E-state index is -1.54. The number of nitrogens with one attached hydrogen (secondary N) is 4. The number of nitrogens with zero attached hydrogens (tertiary/aromatic N) is 4. The summed E-state index contributed by atoms with van der Waals surface area (Å²) in [4.78, 5) is 68.1. The van der Waals surface area contributed by atoms with Crippen molar-refractivity contribution in [2.45, 2.75) is 103 Å². The van der Waals surface area contributed by atoms with Gasteiger partial charge in [0.15, 0.2) is 0 Å². The first-order chi connectivity index (χ1) is 30.0. The molecule has 3 aliphatic carbocycles. The Bertz CT molecular complexity index is 2230. The number of piperazine rings is 1. The highest BCUT2D eigenvalue weighted by atomic mass is 35.5. The topological polar surface area (TPSA) is 210 Å². The molecule has 2 saturated heterocycles. The van der Waals surface area contributed by atoms with Gasteiger partial charge >= 0.3 is 12.1 Å². The molecule has 3 saturated carbocycles. The number of carboxylic acid groups (broad SMARTS) is 1. The summed E-state index contributed by atoms with van der Waals surface area (Å²) in [6.07, 6.45) is 4.26. The number of pyridine rings is 1. The van der Waals surface area contributed by atoms with Crippen LogP contribution in [0.2, 0.25) is 5.02 Å².